The smallest absolute Gasteiger partial charge is 0.271 e. The van der Waals surface area contributed by atoms with Crippen LogP contribution < -0.4 is 66.3 Å². The third-order valence-electron chi connectivity index (χ3n) is 5.98. The Bertz CT molecular complexity index is 2320. The molecule has 0 saturated heterocycles. The zero-order valence-electron chi connectivity index (χ0n) is 31.4. The zero-order chi connectivity index (χ0) is 43.3. The molecule has 21 heteroatoms. The highest BCUT2D eigenvalue weighted by Crippen LogP contribution is 2.14. The van der Waals surface area contributed by atoms with E-state index >= 15 is 0 Å². The first kappa shape index (κ1) is 47.3. The molecular weight excluding hydrogens is 752 g/mol. The van der Waals surface area contributed by atoms with Crippen LogP contribution in [0.3, 0.4) is 0 Å². The Kier molecular flexibility index (Phi) is 21.9. The second-order valence-corrected chi connectivity index (χ2v) is 10.5. The Hall–Kier alpha value is -8.75. The molecule has 21 nitrogen and oxygen atoms in total. The topological polar surface area (TPSA) is 391 Å². The molecule has 0 amide bonds. The van der Waals surface area contributed by atoms with Crippen LogP contribution in [0.15, 0.2) is 143 Å². The predicted octanol–water partition coefficient (Wildman–Crippen LogP) is 1.95. The number of nitrogens with one attached hydrogen (secondary N) is 3. The summed E-state index contributed by atoms with van der Waals surface area (Å²) in [4.78, 5) is 53.3. The maximum atomic E-state index is 10.4. The first-order valence-corrected chi connectivity index (χ1v) is 16.3. The van der Waals surface area contributed by atoms with Crippen LogP contribution in [0.2, 0.25) is 0 Å². The predicted molar refractivity (Wildman–Crippen MR) is 225 cm³/mol. The van der Waals surface area contributed by atoms with Gasteiger partial charge in [-0.15, -0.1) is 0 Å². The second-order valence-electron chi connectivity index (χ2n) is 10.5. The number of ether oxygens (including phenoxy) is 2. The van der Waals surface area contributed by atoms with E-state index < -0.39 is 0 Å². The first-order chi connectivity index (χ1) is 27.6. The van der Waals surface area contributed by atoms with Gasteiger partial charge in [0.05, 0.1) is 55.6 Å². The molecular formula is C37H46N14O7. The molecule has 7 rings (SSSR count). The van der Waals surface area contributed by atoms with Gasteiger partial charge in [-0.3, -0.25) is 19.4 Å². The van der Waals surface area contributed by atoms with Gasteiger partial charge < -0.3 is 74.8 Å². The average molecular weight is 799 g/mol. The molecule has 0 aliphatic rings. The zero-order valence-corrected chi connectivity index (χ0v) is 31.4. The van der Waals surface area contributed by atoms with Gasteiger partial charge in [-0.1, -0.05) is 0 Å². The quantitative estimate of drug-likeness (QED) is 0.119. The van der Waals surface area contributed by atoms with E-state index in [1.165, 1.54) is 55.2 Å². The van der Waals surface area contributed by atoms with Crippen LogP contribution >= 0.6 is 0 Å². The lowest BCUT2D eigenvalue weighted by Crippen LogP contribution is -2.08. The van der Waals surface area contributed by atoms with E-state index in [0.717, 1.165) is 0 Å². The molecule has 0 atom stereocenters. The first-order valence-electron chi connectivity index (χ1n) is 16.3. The van der Waals surface area contributed by atoms with Gasteiger partial charge in [-0.2, -0.15) is 0 Å². The fraction of sp³-hybridized carbons (Fsp3) is 0.0541. The van der Waals surface area contributed by atoms with Crippen LogP contribution in [-0.2, 0) is 0 Å². The monoisotopic (exact) mass is 798 g/mol. The molecule has 58 heavy (non-hydrogen) atoms. The number of H-pyrrole nitrogens is 3. The number of pyridine rings is 7. The molecule has 0 fully saturated rings. The number of aromatic nitrogens is 7. The van der Waals surface area contributed by atoms with Crippen molar-refractivity contribution in [3.8, 4) is 23.3 Å². The molecule has 0 aliphatic carbocycles. The van der Waals surface area contributed by atoms with Crippen LogP contribution in [0.25, 0.3) is 0 Å². The molecule has 0 aliphatic heterocycles. The number of hydrogen-bond donors (Lipinski definition) is 12. The molecule has 0 saturated carbocycles. The molecule has 7 heterocycles. The molecule has 7 aromatic heterocycles. The average Bonchev–Trinajstić information content (AvgIpc) is 3.20. The van der Waals surface area contributed by atoms with E-state index in [2.05, 4.69) is 34.9 Å². The summed E-state index contributed by atoms with van der Waals surface area (Å²) in [5.74, 6) is 1.38. The largest absolute Gasteiger partial charge is 0.506 e. The normalized spacial score (nSPS) is 9.00. The van der Waals surface area contributed by atoms with Gasteiger partial charge >= 0.3 is 0 Å². The van der Waals surface area contributed by atoms with Crippen molar-refractivity contribution < 1.29 is 19.7 Å². The third kappa shape index (κ3) is 21.7. The highest BCUT2D eigenvalue weighted by atomic mass is 16.5. The Labute approximate surface area is 331 Å². The summed E-state index contributed by atoms with van der Waals surface area (Å²) < 4.78 is 9.61. The van der Waals surface area contributed by atoms with Crippen molar-refractivity contribution >= 4 is 39.9 Å². The van der Waals surface area contributed by atoms with E-state index in [1.807, 2.05) is 0 Å². The number of nitrogens with two attached hydrogens (primary N) is 7. The van der Waals surface area contributed by atoms with Crippen molar-refractivity contribution in [2.24, 2.45) is 0 Å². The van der Waals surface area contributed by atoms with Gasteiger partial charge in [-0.05, 0) is 54.6 Å². The molecule has 19 N–H and O–H groups in total. The molecule has 7 aromatic rings. The second kappa shape index (κ2) is 26.9. The fourth-order valence-electron chi connectivity index (χ4n) is 3.26. The van der Waals surface area contributed by atoms with Crippen molar-refractivity contribution in [1.29, 1.82) is 0 Å². The van der Waals surface area contributed by atoms with Crippen LogP contribution in [-0.4, -0.2) is 59.3 Å². The number of aromatic hydroxyl groups is 2. The number of nitrogen functional groups attached to an aromatic ring is 7. The third-order valence-corrected chi connectivity index (χ3v) is 5.98. The maximum Gasteiger partial charge on any atom is 0.271 e. The summed E-state index contributed by atoms with van der Waals surface area (Å²) in [5.41, 5.74) is 39.4. The number of rotatable bonds is 2. The van der Waals surface area contributed by atoms with E-state index in [1.54, 1.807) is 87.4 Å². The van der Waals surface area contributed by atoms with Gasteiger partial charge in [0.2, 0.25) is 22.9 Å². The van der Waals surface area contributed by atoms with E-state index in [9.17, 15) is 14.4 Å². The lowest BCUT2D eigenvalue weighted by Gasteiger charge is -1.98. The number of anilines is 7. The summed E-state index contributed by atoms with van der Waals surface area (Å²) >= 11 is 0. The van der Waals surface area contributed by atoms with Crippen LogP contribution in [0.5, 0.6) is 23.3 Å². The lowest BCUT2D eigenvalue weighted by atomic mass is 10.4. The summed E-state index contributed by atoms with van der Waals surface area (Å²) in [7, 11) is 3.11. The Morgan fingerprint density at radius 3 is 1.66 bits per heavy atom. The van der Waals surface area contributed by atoms with Crippen molar-refractivity contribution in [3.05, 3.63) is 159 Å². The highest BCUT2D eigenvalue weighted by Gasteiger charge is 1.94. The van der Waals surface area contributed by atoms with Crippen molar-refractivity contribution in [2.75, 3.05) is 54.4 Å². The Balaban J connectivity index is 0.000000339. The van der Waals surface area contributed by atoms with E-state index in [0.29, 0.717) is 40.2 Å². The molecule has 0 bridgehead atoms. The number of methoxy groups -OCH3 is 2. The molecule has 0 unspecified atom stereocenters. The van der Waals surface area contributed by atoms with E-state index in [4.69, 9.17) is 59.8 Å². The molecule has 0 aromatic carbocycles. The molecule has 0 radical (unpaired) electrons. The number of hydrogen-bond acceptors (Lipinski definition) is 18. The van der Waals surface area contributed by atoms with Crippen molar-refractivity contribution in [1.82, 2.24) is 34.9 Å². The van der Waals surface area contributed by atoms with Gasteiger partial charge in [0.25, 0.3) is 5.56 Å². The van der Waals surface area contributed by atoms with Gasteiger partial charge in [0, 0.05) is 66.6 Å². The minimum atomic E-state index is -0.229. The maximum absolute atomic E-state index is 10.4. The van der Waals surface area contributed by atoms with Crippen LogP contribution in [0, 0.1) is 0 Å². The fourth-order valence-corrected chi connectivity index (χ4v) is 3.26. The minimum absolute atomic E-state index is 0.0347. The minimum Gasteiger partial charge on any atom is -0.506 e. The molecule has 306 valence electrons. The number of aromatic amines is 3. The SMILES string of the molecule is COc1ccc(N)cn1.COc1ncccc1N.Nc1cc[nH]c(=O)c1.Nc1ccc(=O)[nH]c1.Nc1ccc[nH]c1=O.Nc1cncc(O)c1.Nc1ncccc1O. The lowest BCUT2D eigenvalue weighted by molar-refractivity contribution is 0.398. The van der Waals surface area contributed by atoms with Crippen molar-refractivity contribution in [2.45, 2.75) is 0 Å². The number of nitrogens with zero attached hydrogens (tertiary/aromatic N) is 4. The van der Waals surface area contributed by atoms with Crippen LogP contribution in [0.4, 0.5) is 39.9 Å². The van der Waals surface area contributed by atoms with Gasteiger partial charge in [0.1, 0.15) is 5.75 Å². The standard InChI is InChI=1S/2C6H8N2O.5C5H6N2O/c1-9-6-3-2-5(7)4-8-6;1-9-6-5(7)3-2-4-8-6;6-4-1-5(8)3-7-2-4;6-4-1-2-7-5(8)3-4;6-4-1-2-5(8)7-3-4;6-5-4(8)2-1-3-7-5;6-4-2-1-3-7-5(4)8/h2*2-4H,7H2,1H3;1-3,8H,6H2;1-3H,(H3,6,7,8);1-3H,6H2,(H,7,8);1-3,8H,(H2,6,7);1-3H,6H2,(H,7,8). The van der Waals surface area contributed by atoms with Gasteiger partial charge in [-0.25, -0.2) is 15.0 Å². The Morgan fingerprint density at radius 2 is 1.26 bits per heavy atom. The van der Waals surface area contributed by atoms with Crippen LogP contribution in [0.1, 0.15) is 0 Å². The van der Waals surface area contributed by atoms with Gasteiger partial charge in [0.15, 0.2) is 11.6 Å². The van der Waals surface area contributed by atoms with E-state index in [-0.39, 0.29) is 39.7 Å². The summed E-state index contributed by atoms with van der Waals surface area (Å²) in [6.45, 7) is 0. The van der Waals surface area contributed by atoms with Crippen molar-refractivity contribution in [3.63, 3.8) is 0 Å². The highest BCUT2D eigenvalue weighted by molar-refractivity contribution is 5.46. The summed E-state index contributed by atoms with van der Waals surface area (Å²) in [6.07, 6.45) is 12.0. The Morgan fingerprint density at radius 1 is 0.569 bits per heavy atom. The summed E-state index contributed by atoms with van der Waals surface area (Å²) in [5, 5.41) is 17.4. The molecule has 0 spiro atoms. The summed E-state index contributed by atoms with van der Waals surface area (Å²) in [6, 6.07) is 20.6.